The summed E-state index contributed by atoms with van der Waals surface area (Å²) in [7, 11) is 0. The van der Waals surface area contributed by atoms with Gasteiger partial charge in [0.1, 0.15) is 6.07 Å². The molecule has 0 saturated carbocycles. The summed E-state index contributed by atoms with van der Waals surface area (Å²) in [5.74, 6) is 0.109. The Bertz CT molecular complexity index is 492. The fraction of sp³-hybridized carbons (Fsp3) is 0.500. The molecule has 0 bridgehead atoms. The standard InChI is InChI=1S/C14H17BrFN3/c1-9(11-3-2-6-18-8-11)19-12-5-4-10(7-17)13(15)14(12)16/h4-5,9,11,18-19H,2-3,6,8H2,1H3. The van der Waals surface area contributed by atoms with Crippen LogP contribution in [0.25, 0.3) is 0 Å². The van der Waals surface area contributed by atoms with E-state index in [2.05, 4.69) is 33.5 Å². The molecular weight excluding hydrogens is 309 g/mol. The number of anilines is 1. The molecule has 0 aliphatic carbocycles. The zero-order valence-corrected chi connectivity index (χ0v) is 12.4. The fourth-order valence-corrected chi connectivity index (χ4v) is 2.85. The monoisotopic (exact) mass is 325 g/mol. The molecule has 5 heteroatoms. The summed E-state index contributed by atoms with van der Waals surface area (Å²) in [6, 6.07) is 5.41. The molecule has 1 aliphatic rings. The molecule has 19 heavy (non-hydrogen) atoms. The van der Waals surface area contributed by atoms with Crippen LogP contribution in [0.5, 0.6) is 0 Å². The van der Waals surface area contributed by atoms with Gasteiger partial charge >= 0.3 is 0 Å². The van der Waals surface area contributed by atoms with Gasteiger partial charge in [0.05, 0.1) is 15.7 Å². The quantitative estimate of drug-likeness (QED) is 0.896. The van der Waals surface area contributed by atoms with Crippen molar-refractivity contribution in [3.8, 4) is 6.07 Å². The van der Waals surface area contributed by atoms with Crippen LogP contribution in [0.2, 0.25) is 0 Å². The summed E-state index contributed by atoms with van der Waals surface area (Å²) in [6.45, 7) is 4.11. The molecule has 0 radical (unpaired) electrons. The SMILES string of the molecule is CC(Nc1ccc(C#N)c(Br)c1F)C1CCCNC1. The van der Waals surface area contributed by atoms with E-state index in [0.29, 0.717) is 17.2 Å². The number of rotatable bonds is 3. The molecule has 1 aromatic carbocycles. The number of piperidine rings is 1. The van der Waals surface area contributed by atoms with Crippen molar-refractivity contribution in [1.29, 1.82) is 5.26 Å². The molecule has 3 nitrogen and oxygen atoms in total. The summed E-state index contributed by atoms with van der Waals surface area (Å²) in [5, 5.41) is 15.4. The molecule has 1 aliphatic heterocycles. The Balaban J connectivity index is 2.10. The number of halogens is 2. The molecule has 1 saturated heterocycles. The molecule has 0 aromatic heterocycles. The molecule has 102 valence electrons. The van der Waals surface area contributed by atoms with Crippen LogP contribution in [0.1, 0.15) is 25.3 Å². The van der Waals surface area contributed by atoms with Crippen molar-refractivity contribution in [1.82, 2.24) is 5.32 Å². The Hall–Kier alpha value is -1.12. The van der Waals surface area contributed by atoms with E-state index in [9.17, 15) is 4.39 Å². The maximum atomic E-state index is 14.1. The van der Waals surface area contributed by atoms with Gasteiger partial charge in [0.2, 0.25) is 0 Å². The van der Waals surface area contributed by atoms with E-state index in [4.69, 9.17) is 5.26 Å². The van der Waals surface area contributed by atoms with Crippen LogP contribution in [0, 0.1) is 23.1 Å². The highest BCUT2D eigenvalue weighted by Gasteiger charge is 2.21. The lowest BCUT2D eigenvalue weighted by Crippen LogP contribution is -2.38. The van der Waals surface area contributed by atoms with Crippen molar-refractivity contribution < 1.29 is 4.39 Å². The molecule has 0 spiro atoms. The van der Waals surface area contributed by atoms with E-state index in [1.165, 1.54) is 0 Å². The minimum Gasteiger partial charge on any atom is -0.380 e. The lowest BCUT2D eigenvalue weighted by atomic mass is 9.92. The predicted molar refractivity (Wildman–Crippen MR) is 77.5 cm³/mol. The molecule has 1 fully saturated rings. The van der Waals surface area contributed by atoms with Gasteiger partial charge in [-0.25, -0.2) is 4.39 Å². The Labute approximate surface area is 121 Å². The van der Waals surface area contributed by atoms with E-state index in [1.54, 1.807) is 12.1 Å². The van der Waals surface area contributed by atoms with E-state index in [1.807, 2.05) is 6.07 Å². The maximum Gasteiger partial charge on any atom is 0.161 e. The summed E-state index contributed by atoms with van der Waals surface area (Å²) >= 11 is 3.13. The van der Waals surface area contributed by atoms with Gasteiger partial charge in [-0.2, -0.15) is 5.26 Å². The molecule has 2 rings (SSSR count). The summed E-state index contributed by atoms with van der Waals surface area (Å²) < 4.78 is 14.3. The van der Waals surface area contributed by atoms with Crippen LogP contribution in [0.4, 0.5) is 10.1 Å². The van der Waals surface area contributed by atoms with E-state index < -0.39 is 5.82 Å². The van der Waals surface area contributed by atoms with Gasteiger partial charge in [0.25, 0.3) is 0 Å². The van der Waals surface area contributed by atoms with Crippen molar-refractivity contribution in [2.24, 2.45) is 5.92 Å². The van der Waals surface area contributed by atoms with Crippen LogP contribution >= 0.6 is 15.9 Å². The van der Waals surface area contributed by atoms with Gasteiger partial charge in [-0.15, -0.1) is 0 Å². The average molecular weight is 326 g/mol. The number of hydrogen-bond donors (Lipinski definition) is 2. The van der Waals surface area contributed by atoms with Gasteiger partial charge in [-0.1, -0.05) is 0 Å². The highest BCUT2D eigenvalue weighted by Crippen LogP contribution is 2.28. The first-order valence-electron chi connectivity index (χ1n) is 6.49. The minimum atomic E-state index is -0.394. The Kier molecular flexibility index (Phi) is 4.78. The topological polar surface area (TPSA) is 47.9 Å². The van der Waals surface area contributed by atoms with E-state index >= 15 is 0 Å². The van der Waals surface area contributed by atoms with Crippen molar-refractivity contribution in [3.63, 3.8) is 0 Å². The van der Waals surface area contributed by atoms with E-state index in [0.717, 1.165) is 25.9 Å². The predicted octanol–water partition coefficient (Wildman–Crippen LogP) is 3.26. The third-order valence-electron chi connectivity index (χ3n) is 3.63. The van der Waals surface area contributed by atoms with Crippen LogP contribution in [-0.2, 0) is 0 Å². The normalized spacial score (nSPS) is 20.6. The number of nitrogens with zero attached hydrogens (tertiary/aromatic N) is 1. The van der Waals surface area contributed by atoms with Crippen molar-refractivity contribution in [2.45, 2.75) is 25.8 Å². The maximum absolute atomic E-state index is 14.1. The van der Waals surface area contributed by atoms with Crippen molar-refractivity contribution >= 4 is 21.6 Å². The van der Waals surface area contributed by atoms with Crippen LogP contribution in [0.3, 0.4) is 0 Å². The van der Waals surface area contributed by atoms with E-state index in [-0.39, 0.29) is 10.5 Å². The Morgan fingerprint density at radius 3 is 3.00 bits per heavy atom. The molecule has 2 atom stereocenters. The molecule has 2 unspecified atom stereocenters. The number of hydrogen-bond acceptors (Lipinski definition) is 3. The van der Waals surface area contributed by atoms with Gasteiger partial charge in [0, 0.05) is 6.04 Å². The second kappa shape index (κ2) is 6.36. The van der Waals surface area contributed by atoms with Gasteiger partial charge in [-0.05, 0) is 66.8 Å². The first-order valence-corrected chi connectivity index (χ1v) is 7.28. The fourth-order valence-electron chi connectivity index (χ4n) is 2.42. The minimum absolute atomic E-state index is 0.196. The zero-order chi connectivity index (χ0) is 13.8. The number of benzene rings is 1. The highest BCUT2D eigenvalue weighted by molar-refractivity contribution is 9.10. The Morgan fingerprint density at radius 2 is 2.37 bits per heavy atom. The van der Waals surface area contributed by atoms with Gasteiger partial charge in [0.15, 0.2) is 5.82 Å². The summed E-state index contributed by atoms with van der Waals surface area (Å²) in [6.07, 6.45) is 2.32. The molecule has 2 N–H and O–H groups in total. The first kappa shape index (κ1) is 14.3. The average Bonchev–Trinajstić information content (AvgIpc) is 2.45. The van der Waals surface area contributed by atoms with Crippen molar-refractivity contribution in [3.05, 3.63) is 28.0 Å². The number of nitrogens with one attached hydrogen (secondary N) is 2. The van der Waals surface area contributed by atoms with Crippen LogP contribution in [-0.4, -0.2) is 19.1 Å². The van der Waals surface area contributed by atoms with Gasteiger partial charge < -0.3 is 10.6 Å². The van der Waals surface area contributed by atoms with Crippen LogP contribution in [0.15, 0.2) is 16.6 Å². The molecule has 0 amide bonds. The molecular formula is C14H17BrFN3. The third-order valence-corrected chi connectivity index (χ3v) is 4.40. The second-order valence-corrected chi connectivity index (χ2v) is 5.73. The number of nitriles is 1. The summed E-state index contributed by atoms with van der Waals surface area (Å²) in [5.41, 5.74) is 0.763. The van der Waals surface area contributed by atoms with Gasteiger partial charge in [-0.3, -0.25) is 0 Å². The zero-order valence-electron chi connectivity index (χ0n) is 10.8. The van der Waals surface area contributed by atoms with Crippen molar-refractivity contribution in [2.75, 3.05) is 18.4 Å². The molecule has 1 aromatic rings. The van der Waals surface area contributed by atoms with Crippen LogP contribution < -0.4 is 10.6 Å². The second-order valence-electron chi connectivity index (χ2n) is 4.94. The Morgan fingerprint density at radius 1 is 1.58 bits per heavy atom. The summed E-state index contributed by atoms with van der Waals surface area (Å²) in [4.78, 5) is 0. The largest absolute Gasteiger partial charge is 0.380 e. The lowest BCUT2D eigenvalue weighted by Gasteiger charge is -2.29. The smallest absolute Gasteiger partial charge is 0.161 e. The molecule has 1 heterocycles. The highest BCUT2D eigenvalue weighted by atomic mass is 79.9. The third kappa shape index (κ3) is 3.26. The first-order chi connectivity index (χ1) is 9.13. The lowest BCUT2D eigenvalue weighted by molar-refractivity contribution is 0.346.